The molecule has 72 valence electrons. The van der Waals surface area contributed by atoms with E-state index in [0.29, 0.717) is 6.61 Å². The number of methoxy groups -OCH3 is 1. The predicted molar refractivity (Wildman–Crippen MR) is 51.3 cm³/mol. The van der Waals surface area contributed by atoms with Gasteiger partial charge in [-0.05, 0) is 18.1 Å². The standard InChI is InChI=1S/C10H15NO2/c1-3-8-4-5-9(7-13-11)10(6-8)12-2/h4-6H,3,7,11H2,1-2H3. The fraction of sp³-hybridized carbons (Fsp3) is 0.400. The molecule has 3 nitrogen and oxygen atoms in total. The normalized spacial score (nSPS) is 10.1. The molecule has 0 radical (unpaired) electrons. The van der Waals surface area contributed by atoms with Crippen LogP contribution in [0.15, 0.2) is 18.2 Å². The van der Waals surface area contributed by atoms with Crippen molar-refractivity contribution < 1.29 is 9.57 Å². The van der Waals surface area contributed by atoms with Crippen LogP contribution in [0.5, 0.6) is 5.75 Å². The molecule has 0 aliphatic heterocycles. The molecule has 0 aliphatic carbocycles. The van der Waals surface area contributed by atoms with Crippen LogP contribution in [0, 0.1) is 0 Å². The third-order valence-corrected chi connectivity index (χ3v) is 2.00. The fourth-order valence-electron chi connectivity index (χ4n) is 1.22. The van der Waals surface area contributed by atoms with E-state index in [4.69, 9.17) is 10.6 Å². The average Bonchev–Trinajstić information content (AvgIpc) is 2.19. The third kappa shape index (κ3) is 2.44. The molecule has 0 saturated carbocycles. The Morgan fingerprint density at radius 1 is 1.38 bits per heavy atom. The van der Waals surface area contributed by atoms with Gasteiger partial charge in [0.2, 0.25) is 0 Å². The van der Waals surface area contributed by atoms with Crippen molar-refractivity contribution in [3.05, 3.63) is 29.3 Å². The molecule has 13 heavy (non-hydrogen) atoms. The number of rotatable bonds is 4. The fourth-order valence-corrected chi connectivity index (χ4v) is 1.22. The molecule has 0 bridgehead atoms. The van der Waals surface area contributed by atoms with E-state index in [9.17, 15) is 0 Å². The van der Waals surface area contributed by atoms with E-state index in [1.54, 1.807) is 7.11 Å². The first kappa shape index (κ1) is 10.0. The maximum atomic E-state index is 5.20. The van der Waals surface area contributed by atoms with Gasteiger partial charge in [-0.3, -0.25) is 4.84 Å². The first-order valence-electron chi connectivity index (χ1n) is 4.29. The summed E-state index contributed by atoms with van der Waals surface area (Å²) in [4.78, 5) is 4.56. The zero-order chi connectivity index (χ0) is 9.68. The van der Waals surface area contributed by atoms with Gasteiger partial charge in [-0.2, -0.15) is 0 Å². The van der Waals surface area contributed by atoms with E-state index in [-0.39, 0.29) is 0 Å². The lowest BCUT2D eigenvalue weighted by atomic mass is 10.1. The van der Waals surface area contributed by atoms with Crippen molar-refractivity contribution >= 4 is 0 Å². The minimum Gasteiger partial charge on any atom is -0.496 e. The Balaban J connectivity index is 2.93. The summed E-state index contributed by atoms with van der Waals surface area (Å²) in [6, 6.07) is 6.04. The van der Waals surface area contributed by atoms with Gasteiger partial charge in [0.15, 0.2) is 0 Å². The highest BCUT2D eigenvalue weighted by atomic mass is 16.6. The van der Waals surface area contributed by atoms with Crippen molar-refractivity contribution in [3.63, 3.8) is 0 Å². The first-order valence-corrected chi connectivity index (χ1v) is 4.29. The third-order valence-electron chi connectivity index (χ3n) is 2.00. The van der Waals surface area contributed by atoms with E-state index in [1.165, 1.54) is 5.56 Å². The van der Waals surface area contributed by atoms with Gasteiger partial charge in [-0.15, -0.1) is 0 Å². The van der Waals surface area contributed by atoms with E-state index in [2.05, 4.69) is 17.8 Å². The summed E-state index contributed by atoms with van der Waals surface area (Å²) >= 11 is 0. The maximum Gasteiger partial charge on any atom is 0.124 e. The first-order chi connectivity index (χ1) is 6.31. The quantitative estimate of drug-likeness (QED) is 0.718. The van der Waals surface area contributed by atoms with Gasteiger partial charge in [0, 0.05) is 5.56 Å². The molecule has 0 amide bonds. The molecule has 0 aromatic heterocycles. The van der Waals surface area contributed by atoms with Crippen molar-refractivity contribution in [1.29, 1.82) is 0 Å². The lowest BCUT2D eigenvalue weighted by molar-refractivity contribution is 0.122. The van der Waals surface area contributed by atoms with Crippen LogP contribution < -0.4 is 10.6 Å². The largest absolute Gasteiger partial charge is 0.496 e. The van der Waals surface area contributed by atoms with Crippen LogP contribution in [-0.4, -0.2) is 7.11 Å². The molecule has 0 atom stereocenters. The molecule has 1 aromatic carbocycles. The van der Waals surface area contributed by atoms with Crippen LogP contribution in [0.3, 0.4) is 0 Å². The van der Waals surface area contributed by atoms with Crippen molar-refractivity contribution in [2.75, 3.05) is 7.11 Å². The van der Waals surface area contributed by atoms with E-state index in [1.807, 2.05) is 12.1 Å². The second-order valence-corrected chi connectivity index (χ2v) is 2.81. The highest BCUT2D eigenvalue weighted by Gasteiger charge is 2.02. The van der Waals surface area contributed by atoms with Gasteiger partial charge in [-0.25, -0.2) is 5.90 Å². The maximum absolute atomic E-state index is 5.20. The monoisotopic (exact) mass is 181 g/mol. The second kappa shape index (κ2) is 4.84. The van der Waals surface area contributed by atoms with Crippen molar-refractivity contribution in [2.45, 2.75) is 20.0 Å². The summed E-state index contributed by atoms with van der Waals surface area (Å²) in [6.45, 7) is 2.49. The van der Waals surface area contributed by atoms with E-state index in [0.717, 1.165) is 17.7 Å². The minimum atomic E-state index is 0.382. The van der Waals surface area contributed by atoms with Gasteiger partial charge in [0.1, 0.15) is 5.75 Å². The summed E-state index contributed by atoms with van der Waals surface area (Å²) in [5, 5.41) is 0. The Labute approximate surface area is 78.4 Å². The molecule has 2 N–H and O–H groups in total. The number of hydrogen-bond donors (Lipinski definition) is 1. The number of aryl methyl sites for hydroxylation is 1. The van der Waals surface area contributed by atoms with Gasteiger partial charge in [0.05, 0.1) is 13.7 Å². The second-order valence-electron chi connectivity index (χ2n) is 2.81. The molecule has 0 spiro atoms. The molecule has 0 fully saturated rings. The Morgan fingerprint density at radius 3 is 2.69 bits per heavy atom. The van der Waals surface area contributed by atoms with Gasteiger partial charge < -0.3 is 4.74 Å². The topological polar surface area (TPSA) is 44.5 Å². The van der Waals surface area contributed by atoms with Crippen molar-refractivity contribution in [1.82, 2.24) is 0 Å². The summed E-state index contributed by atoms with van der Waals surface area (Å²) in [5.41, 5.74) is 2.22. The molecular formula is C10H15NO2. The smallest absolute Gasteiger partial charge is 0.124 e. The van der Waals surface area contributed by atoms with E-state index < -0.39 is 0 Å². The number of nitrogens with two attached hydrogens (primary N) is 1. The SMILES string of the molecule is CCc1ccc(CON)c(OC)c1. The van der Waals surface area contributed by atoms with Crippen LogP contribution in [-0.2, 0) is 17.9 Å². The van der Waals surface area contributed by atoms with Crippen LogP contribution in [0.25, 0.3) is 0 Å². The predicted octanol–water partition coefficient (Wildman–Crippen LogP) is 1.65. The lowest BCUT2D eigenvalue weighted by Crippen LogP contribution is -2.01. The molecule has 3 heteroatoms. The zero-order valence-electron chi connectivity index (χ0n) is 8.04. The molecule has 1 rings (SSSR count). The van der Waals surface area contributed by atoms with Gasteiger partial charge >= 0.3 is 0 Å². The Bertz CT molecular complexity index is 274. The van der Waals surface area contributed by atoms with Gasteiger partial charge in [-0.1, -0.05) is 19.1 Å². The molecule has 0 saturated heterocycles. The molecule has 0 unspecified atom stereocenters. The summed E-state index contributed by atoms with van der Waals surface area (Å²) in [7, 11) is 1.65. The van der Waals surface area contributed by atoms with Crippen molar-refractivity contribution in [3.8, 4) is 5.75 Å². The zero-order valence-corrected chi connectivity index (χ0v) is 8.04. The minimum absolute atomic E-state index is 0.382. The molecule has 0 heterocycles. The highest BCUT2D eigenvalue weighted by Crippen LogP contribution is 2.20. The van der Waals surface area contributed by atoms with Crippen LogP contribution in [0.1, 0.15) is 18.1 Å². The van der Waals surface area contributed by atoms with Crippen LogP contribution in [0.2, 0.25) is 0 Å². The van der Waals surface area contributed by atoms with Crippen LogP contribution in [0.4, 0.5) is 0 Å². The van der Waals surface area contributed by atoms with Crippen LogP contribution >= 0.6 is 0 Å². The molecule has 1 aromatic rings. The van der Waals surface area contributed by atoms with Gasteiger partial charge in [0.25, 0.3) is 0 Å². The summed E-state index contributed by atoms with van der Waals surface area (Å²) < 4.78 is 5.20. The Kier molecular flexibility index (Phi) is 3.73. The summed E-state index contributed by atoms with van der Waals surface area (Å²) in [5.74, 6) is 5.84. The highest BCUT2D eigenvalue weighted by molar-refractivity contribution is 5.37. The Morgan fingerprint density at radius 2 is 2.15 bits per heavy atom. The number of ether oxygens (including phenoxy) is 1. The molecule has 0 aliphatic rings. The number of hydrogen-bond acceptors (Lipinski definition) is 3. The Hall–Kier alpha value is -1.06. The van der Waals surface area contributed by atoms with Crippen molar-refractivity contribution in [2.24, 2.45) is 5.90 Å². The number of benzene rings is 1. The van der Waals surface area contributed by atoms with E-state index >= 15 is 0 Å². The lowest BCUT2D eigenvalue weighted by Gasteiger charge is -2.08. The average molecular weight is 181 g/mol. The molecular weight excluding hydrogens is 166 g/mol. The summed E-state index contributed by atoms with van der Waals surface area (Å²) in [6.07, 6.45) is 1.00.